The Kier molecular flexibility index (Phi) is 7.64. The van der Waals surface area contributed by atoms with Crippen molar-refractivity contribution < 1.29 is 28.6 Å². The number of benzene rings is 3. The molecule has 2 aliphatic rings. The molecule has 216 valence electrons. The van der Waals surface area contributed by atoms with Crippen LogP contribution < -0.4 is 9.64 Å². The molecule has 0 bridgehead atoms. The second kappa shape index (κ2) is 10.8. The van der Waals surface area contributed by atoms with E-state index < -0.39 is 23.5 Å². The quantitative estimate of drug-likeness (QED) is 0.338. The molecule has 1 N–H and O–H groups in total. The number of carbonyl (C=O) groups is 2. The first-order valence-corrected chi connectivity index (χ1v) is 14.3. The zero-order valence-electron chi connectivity index (χ0n) is 24.3. The number of anilines is 1. The van der Waals surface area contributed by atoms with Crippen LogP contribution in [0, 0.1) is 26.6 Å². The molecule has 0 radical (unpaired) electrons. The second-order valence-electron chi connectivity index (χ2n) is 11.9. The Hall–Kier alpha value is -3.42. The van der Waals surface area contributed by atoms with Crippen molar-refractivity contribution in [2.24, 2.45) is 0 Å². The van der Waals surface area contributed by atoms with Crippen LogP contribution in [-0.2, 0) is 22.4 Å². The minimum Gasteiger partial charge on any atom is -0.490 e. The Morgan fingerprint density at radius 3 is 2.46 bits per heavy atom. The van der Waals surface area contributed by atoms with Gasteiger partial charge in [-0.1, -0.05) is 11.6 Å². The van der Waals surface area contributed by atoms with Gasteiger partial charge in [0.1, 0.15) is 0 Å². The topological polar surface area (TPSA) is 76.1 Å². The molecule has 1 unspecified atom stereocenters. The van der Waals surface area contributed by atoms with Gasteiger partial charge in [-0.3, -0.25) is 4.79 Å². The third-order valence-electron chi connectivity index (χ3n) is 7.85. The summed E-state index contributed by atoms with van der Waals surface area (Å²) in [5.41, 5.74) is 6.01. The Labute approximate surface area is 245 Å². The van der Waals surface area contributed by atoms with E-state index in [1.54, 1.807) is 43.9 Å². The van der Waals surface area contributed by atoms with Crippen molar-refractivity contribution in [3.63, 3.8) is 0 Å². The van der Waals surface area contributed by atoms with Crippen molar-refractivity contribution in [3.05, 3.63) is 80.1 Å². The van der Waals surface area contributed by atoms with Crippen LogP contribution in [0.25, 0.3) is 11.1 Å². The molecule has 0 saturated carbocycles. The van der Waals surface area contributed by atoms with Crippen LogP contribution in [0.5, 0.6) is 5.75 Å². The lowest BCUT2D eigenvalue weighted by molar-refractivity contribution is -0.160. The fourth-order valence-corrected chi connectivity index (χ4v) is 6.11. The molecule has 2 aliphatic heterocycles. The molecule has 0 aliphatic carbocycles. The molecule has 0 saturated heterocycles. The van der Waals surface area contributed by atoms with Crippen LogP contribution in [0.15, 0.2) is 30.3 Å². The van der Waals surface area contributed by atoms with Crippen molar-refractivity contribution in [1.82, 2.24) is 0 Å². The number of nitrogens with zero attached hydrogens (tertiary/aromatic N) is 1. The van der Waals surface area contributed by atoms with E-state index in [1.807, 2.05) is 26.8 Å². The predicted molar refractivity (Wildman–Crippen MR) is 158 cm³/mol. The number of fused-ring (bicyclic) bond motifs is 2. The predicted octanol–water partition coefficient (Wildman–Crippen LogP) is 7.54. The minimum absolute atomic E-state index is 0.177. The van der Waals surface area contributed by atoms with E-state index in [2.05, 4.69) is 0 Å². The molecule has 0 aromatic heterocycles. The molecular formula is C33H35ClFNO5. The van der Waals surface area contributed by atoms with Crippen molar-refractivity contribution in [1.29, 1.82) is 0 Å². The lowest BCUT2D eigenvalue weighted by atomic mass is 9.83. The molecule has 6 nitrogen and oxygen atoms in total. The SMILES string of the molecule is Cc1cc(C(=O)N2CCc3c2cc(C)c(C(OC(C)(C)C)C(=O)O)c3-c2cc(F)c3c(c2C)CCCO3)ccc1Cl. The van der Waals surface area contributed by atoms with Gasteiger partial charge in [0, 0.05) is 33.9 Å². The van der Waals surface area contributed by atoms with Crippen LogP contribution in [-0.4, -0.2) is 35.7 Å². The number of hydrogen-bond donors (Lipinski definition) is 1. The smallest absolute Gasteiger partial charge is 0.337 e. The summed E-state index contributed by atoms with van der Waals surface area (Å²) >= 11 is 6.21. The van der Waals surface area contributed by atoms with Crippen molar-refractivity contribution in [3.8, 4) is 16.9 Å². The monoisotopic (exact) mass is 579 g/mol. The number of rotatable bonds is 5. The molecule has 0 spiro atoms. The average molecular weight is 580 g/mol. The van der Waals surface area contributed by atoms with E-state index >= 15 is 4.39 Å². The Morgan fingerprint density at radius 1 is 1.07 bits per heavy atom. The summed E-state index contributed by atoms with van der Waals surface area (Å²) in [6, 6.07) is 8.49. The summed E-state index contributed by atoms with van der Waals surface area (Å²) in [6.07, 6.45) is 0.612. The maximum atomic E-state index is 15.6. The van der Waals surface area contributed by atoms with Gasteiger partial charge in [-0.05, 0) is 125 Å². The van der Waals surface area contributed by atoms with Crippen LogP contribution in [0.2, 0.25) is 5.02 Å². The zero-order chi connectivity index (χ0) is 29.8. The number of carboxylic acids is 1. The van der Waals surface area contributed by atoms with Gasteiger partial charge in [-0.2, -0.15) is 0 Å². The van der Waals surface area contributed by atoms with Gasteiger partial charge in [0.05, 0.1) is 12.2 Å². The third-order valence-corrected chi connectivity index (χ3v) is 8.27. The number of hydrogen-bond acceptors (Lipinski definition) is 4. The summed E-state index contributed by atoms with van der Waals surface area (Å²) in [4.78, 5) is 28.2. The number of ether oxygens (including phenoxy) is 2. The Bertz CT molecular complexity index is 1580. The highest BCUT2D eigenvalue weighted by molar-refractivity contribution is 6.31. The molecule has 5 rings (SSSR count). The van der Waals surface area contributed by atoms with Crippen LogP contribution in [0.4, 0.5) is 10.1 Å². The highest BCUT2D eigenvalue weighted by Gasteiger charge is 2.37. The van der Waals surface area contributed by atoms with E-state index in [1.165, 1.54) is 6.07 Å². The maximum absolute atomic E-state index is 15.6. The number of aryl methyl sites for hydroxylation is 2. The van der Waals surface area contributed by atoms with E-state index in [0.717, 1.165) is 28.7 Å². The maximum Gasteiger partial charge on any atom is 0.337 e. The molecular weight excluding hydrogens is 545 g/mol. The van der Waals surface area contributed by atoms with Gasteiger partial charge >= 0.3 is 5.97 Å². The number of halogens is 2. The first-order chi connectivity index (χ1) is 19.3. The van der Waals surface area contributed by atoms with Gasteiger partial charge in [-0.15, -0.1) is 0 Å². The normalized spacial score (nSPS) is 15.3. The summed E-state index contributed by atoms with van der Waals surface area (Å²) in [6.45, 7) is 11.9. The van der Waals surface area contributed by atoms with E-state index in [4.69, 9.17) is 21.1 Å². The van der Waals surface area contributed by atoms with E-state index in [-0.39, 0.29) is 11.7 Å². The number of amides is 1. The Balaban J connectivity index is 1.77. The second-order valence-corrected chi connectivity index (χ2v) is 12.3. The molecule has 0 fully saturated rings. The van der Waals surface area contributed by atoms with Gasteiger partial charge in [-0.25, -0.2) is 9.18 Å². The lowest BCUT2D eigenvalue weighted by Gasteiger charge is -2.30. The molecule has 3 aromatic rings. The van der Waals surface area contributed by atoms with E-state index in [0.29, 0.717) is 64.5 Å². The van der Waals surface area contributed by atoms with Crippen LogP contribution in [0.1, 0.15) is 77.0 Å². The highest BCUT2D eigenvalue weighted by atomic mass is 35.5. The number of carbonyl (C=O) groups excluding carboxylic acids is 1. The third kappa shape index (κ3) is 5.33. The van der Waals surface area contributed by atoms with Gasteiger partial charge in [0.25, 0.3) is 5.91 Å². The molecule has 8 heteroatoms. The van der Waals surface area contributed by atoms with Gasteiger partial charge in [0.15, 0.2) is 17.7 Å². The average Bonchev–Trinajstić information content (AvgIpc) is 3.32. The van der Waals surface area contributed by atoms with Gasteiger partial charge in [0.2, 0.25) is 0 Å². The summed E-state index contributed by atoms with van der Waals surface area (Å²) < 4.78 is 27.4. The fourth-order valence-electron chi connectivity index (χ4n) is 5.99. The molecule has 2 heterocycles. The van der Waals surface area contributed by atoms with Crippen LogP contribution in [0.3, 0.4) is 0 Å². The number of carboxylic acid groups (broad SMARTS) is 1. The number of aliphatic carboxylic acids is 1. The standard InChI is InChI=1S/C33H35ClFNO5/c1-17-14-20(9-10-24(17)34)31(37)36-12-11-22-26(36)15-18(2)27(30(32(38)39)41-33(4,5)6)28(22)23-16-25(35)29-21(19(23)3)8-7-13-40-29/h9-10,14-16,30H,7-8,11-13H2,1-6H3,(H,38,39). The molecule has 1 amide bonds. The molecule has 1 atom stereocenters. The lowest BCUT2D eigenvalue weighted by Crippen LogP contribution is -2.29. The summed E-state index contributed by atoms with van der Waals surface area (Å²) in [7, 11) is 0. The van der Waals surface area contributed by atoms with Gasteiger partial charge < -0.3 is 19.5 Å². The van der Waals surface area contributed by atoms with Crippen molar-refractivity contribution in [2.45, 2.75) is 72.5 Å². The first-order valence-electron chi connectivity index (χ1n) is 13.9. The highest BCUT2D eigenvalue weighted by Crippen LogP contribution is 2.48. The molecule has 3 aromatic carbocycles. The fraction of sp³-hybridized carbons (Fsp3) is 0.394. The first kappa shape index (κ1) is 29.1. The summed E-state index contributed by atoms with van der Waals surface area (Å²) in [5, 5.41) is 11.0. The Morgan fingerprint density at radius 2 is 1.80 bits per heavy atom. The summed E-state index contributed by atoms with van der Waals surface area (Å²) in [5.74, 6) is -1.53. The van der Waals surface area contributed by atoms with Crippen molar-refractivity contribution in [2.75, 3.05) is 18.1 Å². The molecule has 41 heavy (non-hydrogen) atoms. The van der Waals surface area contributed by atoms with Crippen molar-refractivity contribution >= 4 is 29.2 Å². The zero-order valence-corrected chi connectivity index (χ0v) is 25.0. The largest absolute Gasteiger partial charge is 0.490 e. The minimum atomic E-state index is -1.30. The van der Waals surface area contributed by atoms with Crippen LogP contribution >= 0.6 is 11.6 Å². The van der Waals surface area contributed by atoms with E-state index in [9.17, 15) is 14.7 Å².